The number of nitrogens with zero attached hydrogens (tertiary/aromatic N) is 2. The summed E-state index contributed by atoms with van der Waals surface area (Å²) in [5.41, 5.74) is 4.02. The Hall–Kier alpha value is -2.18. The van der Waals surface area contributed by atoms with Crippen molar-refractivity contribution in [2.24, 2.45) is 4.99 Å². The van der Waals surface area contributed by atoms with Crippen LogP contribution in [0.25, 0.3) is 5.57 Å². The molecule has 0 fully saturated rings. The van der Waals surface area contributed by atoms with Crippen LogP contribution >= 0.6 is 27.7 Å². The molecule has 0 radical (unpaired) electrons. The lowest BCUT2D eigenvalue weighted by Gasteiger charge is -2.08. The smallest absolute Gasteiger partial charge is 0.285 e. The quantitative estimate of drug-likeness (QED) is 0.660. The fourth-order valence-electron chi connectivity index (χ4n) is 2.90. The van der Waals surface area contributed by atoms with Gasteiger partial charge in [0.2, 0.25) is 0 Å². The Balaban J connectivity index is 1.80. The zero-order valence-electron chi connectivity index (χ0n) is 13.5. The summed E-state index contributed by atoms with van der Waals surface area (Å²) >= 11 is 4.71. The third-order valence-corrected chi connectivity index (χ3v) is 5.83. The van der Waals surface area contributed by atoms with Crippen LogP contribution < -0.4 is 4.90 Å². The van der Waals surface area contributed by atoms with Crippen LogP contribution in [0.1, 0.15) is 16.7 Å². The minimum atomic E-state index is -0.356. The Morgan fingerprint density at radius 3 is 2.52 bits per heavy atom. The van der Waals surface area contributed by atoms with Gasteiger partial charge < -0.3 is 4.90 Å². The van der Waals surface area contributed by atoms with Crippen LogP contribution in [0, 0.1) is 6.92 Å². The van der Waals surface area contributed by atoms with Crippen molar-refractivity contribution in [3.05, 3.63) is 68.5 Å². The van der Waals surface area contributed by atoms with Gasteiger partial charge in [0.25, 0.3) is 11.8 Å². The zero-order valence-corrected chi connectivity index (χ0v) is 15.9. The van der Waals surface area contributed by atoms with Gasteiger partial charge >= 0.3 is 0 Å². The van der Waals surface area contributed by atoms with Crippen LogP contribution in [0.4, 0.5) is 5.69 Å². The highest BCUT2D eigenvalue weighted by atomic mass is 79.9. The van der Waals surface area contributed by atoms with Gasteiger partial charge in [-0.05, 0) is 25.1 Å². The number of thioether (sulfide) groups is 1. The first kappa shape index (κ1) is 16.3. The van der Waals surface area contributed by atoms with Gasteiger partial charge in [0.15, 0.2) is 0 Å². The van der Waals surface area contributed by atoms with Gasteiger partial charge in [-0.15, -0.1) is 0 Å². The minimum absolute atomic E-state index is 0.177. The predicted octanol–water partition coefficient (Wildman–Crippen LogP) is 4.17. The lowest BCUT2D eigenvalue weighted by Crippen LogP contribution is -2.21. The van der Waals surface area contributed by atoms with E-state index < -0.39 is 0 Å². The second kappa shape index (κ2) is 5.97. The second-order valence-electron chi connectivity index (χ2n) is 5.92. The van der Waals surface area contributed by atoms with Gasteiger partial charge in [-0.2, -0.15) is 0 Å². The molecule has 124 valence electrons. The molecule has 0 spiro atoms. The summed E-state index contributed by atoms with van der Waals surface area (Å²) in [6.45, 7) is 2.01. The Kier molecular flexibility index (Phi) is 3.89. The number of carbonyl (C=O) groups excluding carboxylic acids is 2. The number of halogens is 1. The highest BCUT2D eigenvalue weighted by Crippen LogP contribution is 2.44. The van der Waals surface area contributed by atoms with Crippen LogP contribution in [0.2, 0.25) is 0 Å². The molecule has 2 aliphatic heterocycles. The molecule has 0 bridgehead atoms. The van der Waals surface area contributed by atoms with E-state index in [0.717, 1.165) is 26.9 Å². The normalized spacial score (nSPS) is 19.5. The molecule has 2 heterocycles. The van der Waals surface area contributed by atoms with Gasteiger partial charge in [0, 0.05) is 22.6 Å². The maximum Gasteiger partial charge on any atom is 0.285 e. The summed E-state index contributed by atoms with van der Waals surface area (Å²) in [7, 11) is 1.72. The molecule has 25 heavy (non-hydrogen) atoms. The molecule has 0 saturated heterocycles. The molecule has 0 aliphatic carbocycles. The standard InChI is InChI=1S/C19H13BrN2O2S/c1-10-3-5-11(6-4-10)18-21-17(23)16(25-18)15-13-9-12(20)7-8-14(13)22(2)19(15)24/h3-9H,1-2H3/b16-15+. The summed E-state index contributed by atoms with van der Waals surface area (Å²) in [5.74, 6) is -0.533. The number of amides is 2. The van der Waals surface area contributed by atoms with Crippen molar-refractivity contribution in [1.82, 2.24) is 0 Å². The lowest BCUT2D eigenvalue weighted by atomic mass is 10.1. The maximum atomic E-state index is 12.7. The SMILES string of the molecule is Cc1ccc(C2=NC(=O)/C(=C3\C(=O)N(C)c4ccc(Br)cc43)S2)cc1. The molecule has 0 atom stereocenters. The van der Waals surface area contributed by atoms with Crippen LogP contribution in [0.3, 0.4) is 0 Å². The first-order valence-electron chi connectivity index (χ1n) is 7.66. The number of hydrogen-bond acceptors (Lipinski definition) is 3. The summed E-state index contributed by atoms with van der Waals surface area (Å²) in [4.78, 5) is 31.4. The van der Waals surface area contributed by atoms with Crippen LogP contribution in [0.15, 0.2) is 56.8 Å². The largest absolute Gasteiger partial charge is 0.311 e. The Morgan fingerprint density at radius 1 is 1.08 bits per heavy atom. The number of hydrogen-bond donors (Lipinski definition) is 0. The number of benzene rings is 2. The van der Waals surface area contributed by atoms with E-state index in [4.69, 9.17) is 0 Å². The molecular weight excluding hydrogens is 400 g/mol. The fraction of sp³-hybridized carbons (Fsp3) is 0.105. The Morgan fingerprint density at radius 2 is 1.80 bits per heavy atom. The number of rotatable bonds is 1. The average molecular weight is 413 g/mol. The van der Waals surface area contributed by atoms with Crippen molar-refractivity contribution in [1.29, 1.82) is 0 Å². The van der Waals surface area contributed by atoms with Gasteiger partial charge in [-0.25, -0.2) is 4.99 Å². The van der Waals surface area contributed by atoms with E-state index in [1.807, 2.05) is 49.4 Å². The van der Waals surface area contributed by atoms with E-state index in [2.05, 4.69) is 20.9 Å². The fourth-order valence-corrected chi connectivity index (χ4v) is 4.27. The highest BCUT2D eigenvalue weighted by molar-refractivity contribution is 9.10. The first-order valence-corrected chi connectivity index (χ1v) is 9.27. The number of aryl methyl sites for hydroxylation is 1. The van der Waals surface area contributed by atoms with Crippen LogP contribution in [-0.2, 0) is 9.59 Å². The van der Waals surface area contributed by atoms with Crippen molar-refractivity contribution >= 4 is 55.8 Å². The molecule has 4 nitrogen and oxygen atoms in total. The van der Waals surface area contributed by atoms with Crippen LogP contribution in [-0.4, -0.2) is 23.9 Å². The summed E-state index contributed by atoms with van der Waals surface area (Å²) in [5, 5.41) is 0.631. The Bertz CT molecular complexity index is 993. The van der Waals surface area contributed by atoms with Gasteiger partial charge in [0.05, 0.1) is 16.2 Å². The summed E-state index contributed by atoms with van der Waals surface area (Å²) in [6.07, 6.45) is 0. The maximum absolute atomic E-state index is 12.7. The van der Waals surface area contributed by atoms with Crippen molar-refractivity contribution in [3.8, 4) is 0 Å². The number of fused-ring (bicyclic) bond motifs is 1. The van der Waals surface area contributed by atoms with E-state index >= 15 is 0 Å². The molecule has 2 amide bonds. The van der Waals surface area contributed by atoms with Crippen molar-refractivity contribution in [2.45, 2.75) is 6.92 Å². The molecule has 6 heteroatoms. The second-order valence-corrected chi connectivity index (χ2v) is 7.83. The molecule has 0 unspecified atom stereocenters. The first-order chi connectivity index (χ1) is 12.0. The summed E-state index contributed by atoms with van der Waals surface area (Å²) < 4.78 is 0.863. The van der Waals surface area contributed by atoms with E-state index in [0.29, 0.717) is 15.5 Å². The highest BCUT2D eigenvalue weighted by Gasteiger charge is 2.37. The van der Waals surface area contributed by atoms with Crippen molar-refractivity contribution in [2.75, 3.05) is 11.9 Å². The lowest BCUT2D eigenvalue weighted by molar-refractivity contribution is -0.115. The molecule has 0 aromatic heterocycles. The zero-order chi connectivity index (χ0) is 17.7. The Labute approximate surface area is 157 Å². The molecule has 2 aromatic rings. The molecule has 2 aliphatic rings. The van der Waals surface area contributed by atoms with E-state index in [1.54, 1.807) is 11.9 Å². The van der Waals surface area contributed by atoms with Gasteiger partial charge in [-0.1, -0.05) is 57.5 Å². The van der Waals surface area contributed by atoms with Crippen molar-refractivity contribution in [3.63, 3.8) is 0 Å². The topological polar surface area (TPSA) is 49.7 Å². The molecule has 4 rings (SSSR count). The molecule has 0 saturated carbocycles. The van der Waals surface area contributed by atoms with Crippen LogP contribution in [0.5, 0.6) is 0 Å². The molecular formula is C19H13BrN2O2S. The number of likely N-dealkylation sites (N-methyl/N-ethyl adjacent to an activating group) is 1. The summed E-state index contributed by atoms with van der Waals surface area (Å²) in [6, 6.07) is 13.5. The van der Waals surface area contributed by atoms with Gasteiger partial charge in [-0.3, -0.25) is 9.59 Å². The predicted molar refractivity (Wildman–Crippen MR) is 105 cm³/mol. The average Bonchev–Trinajstić information content (AvgIpc) is 3.07. The number of anilines is 1. The number of aliphatic imine (C=N–C) groups is 1. The molecule has 0 N–H and O–H groups in total. The third kappa shape index (κ3) is 2.65. The minimum Gasteiger partial charge on any atom is -0.311 e. The van der Waals surface area contributed by atoms with Crippen molar-refractivity contribution < 1.29 is 9.59 Å². The van der Waals surface area contributed by atoms with E-state index in [1.165, 1.54) is 11.8 Å². The van der Waals surface area contributed by atoms with Gasteiger partial charge in [0.1, 0.15) is 5.04 Å². The molecule has 2 aromatic carbocycles. The van der Waals surface area contributed by atoms with E-state index in [9.17, 15) is 9.59 Å². The number of carbonyl (C=O) groups is 2. The monoisotopic (exact) mass is 412 g/mol. The van der Waals surface area contributed by atoms with E-state index in [-0.39, 0.29) is 11.8 Å². The third-order valence-electron chi connectivity index (χ3n) is 4.23.